The van der Waals surface area contributed by atoms with Crippen LogP contribution in [0.25, 0.3) is 0 Å². The smallest absolute Gasteiger partial charge is 0.269 e. The van der Waals surface area contributed by atoms with E-state index in [1.807, 2.05) is 12.1 Å². The van der Waals surface area contributed by atoms with E-state index in [1.165, 1.54) is 34.5 Å². The number of nitrogens with one attached hydrogen (secondary N) is 1. The molecule has 0 saturated carbocycles. The number of hydrogen-bond acceptors (Lipinski definition) is 6. The van der Waals surface area contributed by atoms with Crippen molar-refractivity contribution >= 4 is 39.2 Å². The van der Waals surface area contributed by atoms with Crippen LogP contribution in [0.3, 0.4) is 0 Å². The minimum atomic E-state index is -0.422. The third kappa shape index (κ3) is 5.67. The summed E-state index contributed by atoms with van der Waals surface area (Å²) < 4.78 is 12.3. The Balaban J connectivity index is 1.15. The zero-order valence-corrected chi connectivity index (χ0v) is 24.9. The van der Waals surface area contributed by atoms with Gasteiger partial charge in [0.15, 0.2) is 11.5 Å². The second-order valence-corrected chi connectivity index (χ2v) is 11.5. The van der Waals surface area contributed by atoms with Crippen LogP contribution in [-0.4, -0.2) is 18.2 Å². The second kappa shape index (κ2) is 11.8. The number of methoxy groups -OCH3 is 1. The van der Waals surface area contributed by atoms with E-state index in [0.29, 0.717) is 23.3 Å². The van der Waals surface area contributed by atoms with Gasteiger partial charge >= 0.3 is 0 Å². The van der Waals surface area contributed by atoms with Crippen LogP contribution < -0.4 is 14.8 Å². The molecule has 0 bridgehead atoms. The first kappa shape index (κ1) is 27.7. The summed E-state index contributed by atoms with van der Waals surface area (Å²) in [5.74, 6) is 2.05. The molecule has 0 aromatic heterocycles. The Labute approximate surface area is 253 Å². The lowest BCUT2D eigenvalue weighted by Crippen LogP contribution is -2.29. The number of hydrogen-bond donors (Lipinski definition) is 1. The number of halogens is 1. The lowest BCUT2D eigenvalue weighted by atomic mass is 9.76. The number of nitro groups is 1. The molecule has 1 N–H and O–H groups in total. The van der Waals surface area contributed by atoms with Crippen molar-refractivity contribution in [1.29, 1.82) is 0 Å². The van der Waals surface area contributed by atoms with E-state index in [2.05, 4.69) is 82.8 Å². The van der Waals surface area contributed by atoms with E-state index in [1.54, 1.807) is 25.5 Å². The minimum Gasteiger partial charge on any atom is -0.493 e. The molecule has 212 valence electrons. The maximum atomic E-state index is 10.9. The van der Waals surface area contributed by atoms with E-state index in [0.717, 1.165) is 27.7 Å². The first-order chi connectivity index (χ1) is 20.4. The van der Waals surface area contributed by atoms with Crippen molar-refractivity contribution in [2.75, 3.05) is 12.4 Å². The third-order valence-electron chi connectivity index (χ3n) is 7.92. The summed E-state index contributed by atoms with van der Waals surface area (Å²) in [5.41, 5.74) is 7.75. The number of nitrogens with zero attached hydrogens (tertiary/aromatic N) is 2. The molecule has 8 heteroatoms. The molecule has 42 heavy (non-hydrogen) atoms. The Morgan fingerprint density at radius 1 is 1.07 bits per heavy atom. The van der Waals surface area contributed by atoms with E-state index >= 15 is 0 Å². The SMILES string of the molecule is COc1cc(C=Nc2ccc([C@@H]3Nc4ccc(C)cc4[C@@H]4C=CC[C@@H]43)cc2)cc(Br)c1OCc1ccc([N+](=O)[O-])cc1. The highest BCUT2D eigenvalue weighted by Gasteiger charge is 2.37. The molecule has 3 atom stereocenters. The van der Waals surface area contributed by atoms with Crippen LogP contribution in [0.5, 0.6) is 11.5 Å². The van der Waals surface area contributed by atoms with Gasteiger partial charge in [-0.1, -0.05) is 42.0 Å². The number of rotatable bonds is 8. The van der Waals surface area contributed by atoms with Gasteiger partial charge in [0, 0.05) is 30.0 Å². The van der Waals surface area contributed by atoms with Gasteiger partial charge in [0.05, 0.1) is 28.2 Å². The van der Waals surface area contributed by atoms with Gasteiger partial charge < -0.3 is 14.8 Å². The Morgan fingerprint density at radius 2 is 1.86 bits per heavy atom. The van der Waals surface area contributed by atoms with Crippen LogP contribution >= 0.6 is 15.9 Å². The number of benzene rings is 4. The molecule has 6 rings (SSSR count). The molecule has 1 heterocycles. The van der Waals surface area contributed by atoms with Gasteiger partial charge in [-0.15, -0.1) is 0 Å². The average molecular weight is 625 g/mol. The molecule has 7 nitrogen and oxygen atoms in total. The summed E-state index contributed by atoms with van der Waals surface area (Å²) >= 11 is 3.59. The van der Waals surface area contributed by atoms with Crippen molar-refractivity contribution in [3.63, 3.8) is 0 Å². The van der Waals surface area contributed by atoms with Gasteiger partial charge in [0.2, 0.25) is 0 Å². The van der Waals surface area contributed by atoms with Crippen molar-refractivity contribution in [3.05, 3.63) is 133 Å². The molecule has 1 aliphatic heterocycles. The molecule has 4 aromatic rings. The predicted octanol–water partition coefficient (Wildman–Crippen LogP) is 8.83. The molecular formula is C34H30BrN3O4. The zero-order valence-electron chi connectivity index (χ0n) is 23.3. The fraction of sp³-hybridized carbons (Fsp3) is 0.206. The van der Waals surface area contributed by atoms with Crippen LogP contribution in [0, 0.1) is 23.0 Å². The van der Waals surface area contributed by atoms with Crippen molar-refractivity contribution in [1.82, 2.24) is 0 Å². The number of fused-ring (bicyclic) bond motifs is 3. The largest absolute Gasteiger partial charge is 0.493 e. The van der Waals surface area contributed by atoms with Gasteiger partial charge in [-0.25, -0.2) is 0 Å². The number of aliphatic imine (C=N–C) groups is 1. The maximum Gasteiger partial charge on any atom is 0.269 e. The van der Waals surface area contributed by atoms with Crippen molar-refractivity contribution < 1.29 is 14.4 Å². The average Bonchev–Trinajstić information content (AvgIpc) is 3.50. The molecule has 2 aliphatic rings. The van der Waals surface area contributed by atoms with Gasteiger partial charge in [-0.3, -0.25) is 15.1 Å². The molecule has 1 aliphatic carbocycles. The molecule has 0 saturated heterocycles. The van der Waals surface area contributed by atoms with Gasteiger partial charge in [0.1, 0.15) is 6.61 Å². The van der Waals surface area contributed by atoms with Crippen molar-refractivity contribution in [3.8, 4) is 11.5 Å². The summed E-state index contributed by atoms with van der Waals surface area (Å²) in [6, 6.07) is 25.5. The number of ether oxygens (including phenoxy) is 2. The number of anilines is 1. The van der Waals surface area contributed by atoms with E-state index in [9.17, 15) is 10.1 Å². The number of nitro benzene ring substituents is 1. The monoisotopic (exact) mass is 623 g/mol. The number of non-ortho nitro benzene ring substituents is 1. The summed E-state index contributed by atoms with van der Waals surface area (Å²) in [4.78, 5) is 15.2. The van der Waals surface area contributed by atoms with Crippen molar-refractivity contribution in [2.45, 2.75) is 31.9 Å². The molecule has 0 amide bonds. The fourth-order valence-corrected chi connectivity index (χ4v) is 6.36. The van der Waals surface area contributed by atoms with Crippen LogP contribution in [-0.2, 0) is 6.61 Å². The maximum absolute atomic E-state index is 10.9. The normalized spacial score (nSPS) is 18.8. The quantitative estimate of drug-likeness (QED) is 0.0917. The van der Waals surface area contributed by atoms with Crippen LogP contribution in [0.15, 0.2) is 100 Å². The third-order valence-corrected chi connectivity index (χ3v) is 8.50. The van der Waals surface area contributed by atoms with Gasteiger partial charge in [-0.05, 0) is 99.9 Å². The lowest BCUT2D eigenvalue weighted by Gasteiger charge is -2.37. The predicted molar refractivity (Wildman–Crippen MR) is 169 cm³/mol. The minimum absolute atomic E-state index is 0.0436. The fourth-order valence-electron chi connectivity index (χ4n) is 5.78. The molecular weight excluding hydrogens is 594 g/mol. The molecule has 4 aromatic carbocycles. The zero-order chi connectivity index (χ0) is 29.2. The first-order valence-electron chi connectivity index (χ1n) is 13.8. The summed E-state index contributed by atoms with van der Waals surface area (Å²) in [7, 11) is 1.59. The summed E-state index contributed by atoms with van der Waals surface area (Å²) in [6.45, 7) is 2.40. The molecule has 0 unspecified atom stereocenters. The Bertz CT molecular complexity index is 1680. The van der Waals surface area contributed by atoms with E-state index in [-0.39, 0.29) is 18.3 Å². The molecule has 0 radical (unpaired) electrons. The second-order valence-electron chi connectivity index (χ2n) is 10.7. The highest BCUT2D eigenvalue weighted by Crippen LogP contribution is 2.50. The highest BCUT2D eigenvalue weighted by atomic mass is 79.9. The Kier molecular flexibility index (Phi) is 7.80. The van der Waals surface area contributed by atoms with Crippen LogP contribution in [0.2, 0.25) is 0 Å². The summed E-state index contributed by atoms with van der Waals surface area (Å²) in [6.07, 6.45) is 7.56. The highest BCUT2D eigenvalue weighted by molar-refractivity contribution is 9.10. The molecule has 0 spiro atoms. The van der Waals surface area contributed by atoms with E-state index in [4.69, 9.17) is 14.5 Å². The first-order valence-corrected chi connectivity index (χ1v) is 14.6. The number of aryl methyl sites for hydroxylation is 1. The lowest BCUT2D eigenvalue weighted by molar-refractivity contribution is -0.384. The standard InChI is InChI=1S/C34H30BrN3O4/c1-21-6-15-31-29(16-21)27-4-3-5-28(27)33(37-31)24-9-11-25(12-10-24)36-19-23-17-30(35)34(32(18-23)41-2)42-20-22-7-13-26(14-8-22)38(39)40/h3-4,6-19,27-28,33,37H,5,20H2,1-2H3/t27-,28+,33+/m1/s1. The summed E-state index contributed by atoms with van der Waals surface area (Å²) in [5, 5.41) is 14.7. The van der Waals surface area contributed by atoms with Gasteiger partial charge in [-0.2, -0.15) is 0 Å². The topological polar surface area (TPSA) is 86.0 Å². The Hall–Kier alpha value is -4.43. The molecule has 0 fully saturated rings. The van der Waals surface area contributed by atoms with Gasteiger partial charge in [0.25, 0.3) is 5.69 Å². The van der Waals surface area contributed by atoms with Crippen LogP contribution in [0.1, 0.15) is 46.2 Å². The van der Waals surface area contributed by atoms with Crippen LogP contribution in [0.4, 0.5) is 17.1 Å². The number of allylic oxidation sites excluding steroid dienone is 2. The van der Waals surface area contributed by atoms with E-state index < -0.39 is 4.92 Å². The van der Waals surface area contributed by atoms with Crippen molar-refractivity contribution in [2.24, 2.45) is 10.9 Å². The Morgan fingerprint density at radius 3 is 2.60 bits per heavy atom.